The van der Waals surface area contributed by atoms with Gasteiger partial charge >= 0.3 is 0 Å². The van der Waals surface area contributed by atoms with Crippen LogP contribution in [-0.2, 0) is 11.3 Å². The van der Waals surface area contributed by atoms with Crippen LogP contribution in [-0.4, -0.2) is 29.3 Å². The molecule has 0 fully saturated rings. The molecule has 0 bridgehead atoms. The van der Waals surface area contributed by atoms with Crippen molar-refractivity contribution in [1.82, 2.24) is 20.4 Å². The zero-order valence-corrected chi connectivity index (χ0v) is 13.1. The van der Waals surface area contributed by atoms with Crippen molar-refractivity contribution in [1.29, 1.82) is 0 Å². The van der Waals surface area contributed by atoms with E-state index in [0.717, 1.165) is 11.3 Å². The van der Waals surface area contributed by atoms with Gasteiger partial charge in [-0.2, -0.15) is 5.10 Å². The standard InChI is InChI=1S/C15H20N4O.ClH/c1-12(8-16-2)15(20)17-9-13-10-18-19(11-13)14-6-4-3-5-7-14;/h3-7,10-12,16H,8-9H2,1-2H3,(H,17,20);1H. The summed E-state index contributed by atoms with van der Waals surface area (Å²) in [5, 5.41) is 10.2. The Bertz CT molecular complexity index is 556. The summed E-state index contributed by atoms with van der Waals surface area (Å²) < 4.78 is 1.80. The molecule has 1 atom stereocenters. The molecule has 1 unspecified atom stereocenters. The third-order valence-electron chi connectivity index (χ3n) is 3.08. The Morgan fingerprint density at radius 2 is 2.05 bits per heavy atom. The van der Waals surface area contributed by atoms with Crippen LogP contribution >= 0.6 is 12.4 Å². The van der Waals surface area contributed by atoms with Crippen LogP contribution in [0.2, 0.25) is 0 Å². The SMILES string of the molecule is CNCC(C)C(=O)NCc1cnn(-c2ccccc2)c1.Cl. The number of halogens is 1. The van der Waals surface area contributed by atoms with Gasteiger partial charge in [0.2, 0.25) is 5.91 Å². The summed E-state index contributed by atoms with van der Waals surface area (Å²) in [4.78, 5) is 11.8. The van der Waals surface area contributed by atoms with Crippen molar-refractivity contribution < 1.29 is 4.79 Å². The van der Waals surface area contributed by atoms with Crippen LogP contribution in [0.4, 0.5) is 0 Å². The Morgan fingerprint density at radius 3 is 2.71 bits per heavy atom. The first-order valence-corrected chi connectivity index (χ1v) is 6.72. The van der Waals surface area contributed by atoms with E-state index in [4.69, 9.17) is 0 Å². The fraction of sp³-hybridized carbons (Fsp3) is 0.333. The maximum Gasteiger partial charge on any atom is 0.224 e. The third-order valence-corrected chi connectivity index (χ3v) is 3.08. The van der Waals surface area contributed by atoms with Crippen LogP contribution in [0.5, 0.6) is 0 Å². The van der Waals surface area contributed by atoms with Crippen LogP contribution in [0.3, 0.4) is 0 Å². The van der Waals surface area contributed by atoms with Gasteiger partial charge in [0.25, 0.3) is 0 Å². The van der Waals surface area contributed by atoms with E-state index in [1.54, 1.807) is 10.9 Å². The minimum atomic E-state index is -0.0378. The summed E-state index contributed by atoms with van der Waals surface area (Å²) in [6.45, 7) is 3.08. The predicted octanol–water partition coefficient (Wildman–Crippen LogP) is 1.77. The number of benzene rings is 1. The van der Waals surface area contributed by atoms with Crippen molar-refractivity contribution in [2.24, 2.45) is 5.92 Å². The summed E-state index contributed by atoms with van der Waals surface area (Å²) in [6.07, 6.45) is 3.70. The molecule has 0 aliphatic carbocycles. The van der Waals surface area contributed by atoms with Crippen molar-refractivity contribution in [2.45, 2.75) is 13.5 Å². The van der Waals surface area contributed by atoms with Crippen molar-refractivity contribution in [2.75, 3.05) is 13.6 Å². The highest BCUT2D eigenvalue weighted by Gasteiger charge is 2.11. The Morgan fingerprint density at radius 1 is 1.33 bits per heavy atom. The molecule has 0 spiro atoms. The van der Waals surface area contributed by atoms with Gasteiger partial charge in [-0.1, -0.05) is 25.1 Å². The quantitative estimate of drug-likeness (QED) is 0.855. The van der Waals surface area contributed by atoms with E-state index in [-0.39, 0.29) is 24.2 Å². The van der Waals surface area contributed by atoms with E-state index in [9.17, 15) is 4.79 Å². The second-order valence-electron chi connectivity index (χ2n) is 4.81. The number of rotatable bonds is 6. The minimum Gasteiger partial charge on any atom is -0.352 e. The van der Waals surface area contributed by atoms with Crippen LogP contribution in [0.25, 0.3) is 5.69 Å². The number of hydrogen-bond acceptors (Lipinski definition) is 3. The number of carbonyl (C=O) groups is 1. The lowest BCUT2D eigenvalue weighted by Crippen LogP contribution is -2.33. The summed E-state index contributed by atoms with van der Waals surface area (Å²) >= 11 is 0. The lowest BCUT2D eigenvalue weighted by atomic mass is 10.1. The van der Waals surface area contributed by atoms with Crippen molar-refractivity contribution in [3.8, 4) is 5.69 Å². The first-order valence-electron chi connectivity index (χ1n) is 6.72. The Hall–Kier alpha value is -1.85. The van der Waals surface area contributed by atoms with Gasteiger partial charge in [-0.15, -0.1) is 12.4 Å². The largest absolute Gasteiger partial charge is 0.352 e. The lowest BCUT2D eigenvalue weighted by molar-refractivity contribution is -0.124. The van der Waals surface area contributed by atoms with Gasteiger partial charge in [-0.3, -0.25) is 4.79 Å². The molecule has 0 saturated heterocycles. The van der Waals surface area contributed by atoms with Gasteiger partial charge in [0, 0.05) is 30.8 Å². The number of nitrogens with one attached hydrogen (secondary N) is 2. The number of amides is 1. The van der Waals surface area contributed by atoms with Gasteiger partial charge in [0.05, 0.1) is 11.9 Å². The molecular formula is C15H21ClN4O. The fourth-order valence-corrected chi connectivity index (χ4v) is 1.94. The first kappa shape index (κ1) is 17.2. The maximum atomic E-state index is 11.8. The third kappa shape index (κ3) is 4.88. The smallest absolute Gasteiger partial charge is 0.224 e. The average molecular weight is 309 g/mol. The molecule has 1 heterocycles. The molecule has 1 aromatic carbocycles. The van der Waals surface area contributed by atoms with Gasteiger partial charge in [0.15, 0.2) is 0 Å². The van der Waals surface area contributed by atoms with E-state index in [2.05, 4.69) is 15.7 Å². The van der Waals surface area contributed by atoms with Crippen LogP contribution in [0, 0.1) is 5.92 Å². The second-order valence-corrected chi connectivity index (χ2v) is 4.81. The molecule has 21 heavy (non-hydrogen) atoms. The number of aromatic nitrogens is 2. The Labute approximate surface area is 131 Å². The van der Waals surface area contributed by atoms with Crippen molar-refractivity contribution >= 4 is 18.3 Å². The van der Waals surface area contributed by atoms with Crippen LogP contribution < -0.4 is 10.6 Å². The van der Waals surface area contributed by atoms with Gasteiger partial charge in [0.1, 0.15) is 0 Å². The van der Waals surface area contributed by atoms with Gasteiger partial charge < -0.3 is 10.6 Å². The van der Waals surface area contributed by atoms with E-state index < -0.39 is 0 Å². The molecule has 2 N–H and O–H groups in total. The van der Waals surface area contributed by atoms with Crippen molar-refractivity contribution in [3.63, 3.8) is 0 Å². The zero-order chi connectivity index (χ0) is 14.4. The molecular weight excluding hydrogens is 288 g/mol. The zero-order valence-electron chi connectivity index (χ0n) is 12.2. The van der Waals surface area contributed by atoms with E-state index in [1.165, 1.54) is 0 Å². The highest BCUT2D eigenvalue weighted by Crippen LogP contribution is 2.07. The monoisotopic (exact) mass is 308 g/mol. The van der Waals surface area contributed by atoms with Crippen LogP contribution in [0.1, 0.15) is 12.5 Å². The van der Waals surface area contributed by atoms with E-state index in [1.807, 2.05) is 50.5 Å². The summed E-state index contributed by atoms with van der Waals surface area (Å²) in [7, 11) is 1.84. The highest BCUT2D eigenvalue weighted by molar-refractivity contribution is 5.85. The topological polar surface area (TPSA) is 59.0 Å². The minimum absolute atomic E-state index is 0. The average Bonchev–Trinajstić information content (AvgIpc) is 2.95. The summed E-state index contributed by atoms with van der Waals surface area (Å²) in [5.74, 6) is 0.0102. The molecule has 6 heteroatoms. The number of carbonyl (C=O) groups excluding carboxylic acids is 1. The maximum absolute atomic E-state index is 11.8. The number of hydrogen-bond donors (Lipinski definition) is 2. The van der Waals surface area contributed by atoms with Gasteiger partial charge in [-0.25, -0.2) is 4.68 Å². The van der Waals surface area contributed by atoms with E-state index in [0.29, 0.717) is 13.1 Å². The first-order chi connectivity index (χ1) is 9.70. The molecule has 2 aromatic rings. The number of nitrogens with zero attached hydrogens (tertiary/aromatic N) is 2. The normalized spacial score (nSPS) is 11.5. The number of para-hydroxylation sites is 1. The Balaban J connectivity index is 0.00000220. The molecule has 2 rings (SSSR count). The summed E-state index contributed by atoms with van der Waals surface area (Å²) in [6, 6.07) is 9.89. The second kappa shape index (κ2) is 8.44. The molecule has 0 saturated carbocycles. The summed E-state index contributed by atoms with van der Waals surface area (Å²) in [5.41, 5.74) is 1.99. The molecule has 0 radical (unpaired) electrons. The van der Waals surface area contributed by atoms with Crippen molar-refractivity contribution in [3.05, 3.63) is 48.3 Å². The molecule has 114 valence electrons. The fourth-order valence-electron chi connectivity index (χ4n) is 1.94. The lowest BCUT2D eigenvalue weighted by Gasteiger charge is -2.10. The predicted molar refractivity (Wildman–Crippen MR) is 85.7 cm³/mol. The Kier molecular flexibility index (Phi) is 6.91. The molecule has 1 aromatic heterocycles. The highest BCUT2D eigenvalue weighted by atomic mass is 35.5. The van der Waals surface area contributed by atoms with E-state index >= 15 is 0 Å². The van der Waals surface area contributed by atoms with Gasteiger partial charge in [-0.05, 0) is 19.2 Å². The molecule has 5 nitrogen and oxygen atoms in total. The molecule has 0 aliphatic heterocycles. The van der Waals surface area contributed by atoms with Crippen LogP contribution in [0.15, 0.2) is 42.7 Å². The molecule has 1 amide bonds. The molecule has 0 aliphatic rings.